The van der Waals surface area contributed by atoms with E-state index in [4.69, 9.17) is 4.74 Å². The average Bonchev–Trinajstić information content (AvgIpc) is 2.45. The van der Waals surface area contributed by atoms with Crippen molar-refractivity contribution < 1.29 is 13.2 Å². The Labute approximate surface area is 128 Å². The van der Waals surface area contributed by atoms with Gasteiger partial charge in [0.15, 0.2) is 0 Å². The van der Waals surface area contributed by atoms with Gasteiger partial charge in [0.1, 0.15) is 0 Å². The summed E-state index contributed by atoms with van der Waals surface area (Å²) in [5, 5.41) is 3.42. The molecule has 0 aliphatic rings. The minimum absolute atomic E-state index is 0.129. The number of nitrogens with one attached hydrogen (secondary N) is 1. The molecule has 0 saturated heterocycles. The summed E-state index contributed by atoms with van der Waals surface area (Å²) in [7, 11) is -1.42. The Morgan fingerprint density at radius 2 is 1.95 bits per heavy atom. The van der Waals surface area contributed by atoms with Crippen molar-refractivity contribution in [3.63, 3.8) is 0 Å². The van der Waals surface area contributed by atoms with E-state index in [-0.39, 0.29) is 6.04 Å². The zero-order valence-corrected chi connectivity index (χ0v) is 13.9. The van der Waals surface area contributed by atoms with Crippen molar-refractivity contribution in [1.82, 2.24) is 9.62 Å². The van der Waals surface area contributed by atoms with Gasteiger partial charge in [0, 0.05) is 20.2 Å². The van der Waals surface area contributed by atoms with E-state index in [0.29, 0.717) is 19.7 Å². The summed E-state index contributed by atoms with van der Waals surface area (Å²) in [6, 6.07) is 10.2. The van der Waals surface area contributed by atoms with Gasteiger partial charge in [-0.25, -0.2) is 12.7 Å². The third-order valence-corrected chi connectivity index (χ3v) is 4.71. The summed E-state index contributed by atoms with van der Waals surface area (Å²) in [5.41, 5.74) is 1.18. The zero-order chi connectivity index (χ0) is 15.7. The van der Waals surface area contributed by atoms with Gasteiger partial charge in [-0.05, 0) is 18.5 Å². The second kappa shape index (κ2) is 9.15. The van der Waals surface area contributed by atoms with E-state index in [1.807, 2.05) is 25.1 Å². The molecule has 0 bridgehead atoms. The monoisotopic (exact) mass is 314 g/mol. The van der Waals surface area contributed by atoms with Crippen LogP contribution in [0.25, 0.3) is 0 Å². The van der Waals surface area contributed by atoms with Gasteiger partial charge in [0.25, 0.3) is 0 Å². The molecule has 0 spiro atoms. The van der Waals surface area contributed by atoms with Gasteiger partial charge < -0.3 is 10.1 Å². The molecule has 1 aromatic carbocycles. The Hall–Kier alpha value is -0.950. The maximum absolute atomic E-state index is 11.5. The molecular formula is C15H26N2O3S. The number of nitrogens with zero attached hydrogens (tertiary/aromatic N) is 1. The van der Waals surface area contributed by atoms with Crippen LogP contribution in [0.15, 0.2) is 30.3 Å². The number of hydrogen-bond donors (Lipinski definition) is 1. The number of sulfonamides is 1. The fourth-order valence-electron chi connectivity index (χ4n) is 2.22. The molecule has 0 aliphatic heterocycles. The predicted molar refractivity (Wildman–Crippen MR) is 85.8 cm³/mol. The third kappa shape index (κ3) is 6.56. The normalized spacial score (nSPS) is 13.5. The van der Waals surface area contributed by atoms with Crippen LogP contribution >= 0.6 is 0 Å². The Morgan fingerprint density at radius 3 is 2.48 bits per heavy atom. The number of benzene rings is 1. The number of ether oxygens (including phenoxy) is 1. The molecule has 1 rings (SSSR count). The molecule has 1 unspecified atom stereocenters. The summed E-state index contributed by atoms with van der Waals surface area (Å²) >= 11 is 0. The van der Waals surface area contributed by atoms with Crippen LogP contribution in [-0.2, 0) is 14.8 Å². The van der Waals surface area contributed by atoms with Gasteiger partial charge in [-0.2, -0.15) is 0 Å². The van der Waals surface area contributed by atoms with Crippen LogP contribution in [-0.4, -0.2) is 52.3 Å². The first-order valence-corrected chi connectivity index (χ1v) is 9.06. The SMILES string of the molecule is CCN(CCCNC(COC)c1ccccc1)S(C)(=O)=O. The molecule has 1 aromatic rings. The smallest absolute Gasteiger partial charge is 0.211 e. The highest BCUT2D eigenvalue weighted by atomic mass is 32.2. The lowest BCUT2D eigenvalue weighted by molar-refractivity contribution is 0.166. The van der Waals surface area contributed by atoms with Gasteiger partial charge in [-0.1, -0.05) is 37.3 Å². The second-order valence-electron chi connectivity index (χ2n) is 4.98. The minimum atomic E-state index is -3.10. The third-order valence-electron chi connectivity index (χ3n) is 3.33. The van der Waals surface area contributed by atoms with E-state index in [0.717, 1.165) is 13.0 Å². The van der Waals surface area contributed by atoms with Crippen molar-refractivity contribution in [2.45, 2.75) is 19.4 Å². The first-order valence-electron chi connectivity index (χ1n) is 7.21. The fraction of sp³-hybridized carbons (Fsp3) is 0.600. The van der Waals surface area contributed by atoms with E-state index in [1.54, 1.807) is 7.11 Å². The molecule has 120 valence electrons. The average molecular weight is 314 g/mol. The van der Waals surface area contributed by atoms with Crippen molar-refractivity contribution in [3.8, 4) is 0 Å². The van der Waals surface area contributed by atoms with E-state index in [1.165, 1.54) is 16.1 Å². The molecule has 6 heteroatoms. The zero-order valence-electron chi connectivity index (χ0n) is 13.1. The van der Waals surface area contributed by atoms with Gasteiger partial charge in [-0.15, -0.1) is 0 Å². The topological polar surface area (TPSA) is 58.6 Å². The van der Waals surface area contributed by atoms with Gasteiger partial charge in [-0.3, -0.25) is 0 Å². The van der Waals surface area contributed by atoms with Crippen LogP contribution in [0.5, 0.6) is 0 Å². The second-order valence-corrected chi connectivity index (χ2v) is 6.96. The summed E-state index contributed by atoms with van der Waals surface area (Å²) < 4.78 is 29.7. The van der Waals surface area contributed by atoms with Crippen LogP contribution < -0.4 is 5.32 Å². The van der Waals surface area contributed by atoms with Gasteiger partial charge in [0.05, 0.1) is 18.9 Å². The van der Waals surface area contributed by atoms with E-state index < -0.39 is 10.0 Å². The number of hydrogen-bond acceptors (Lipinski definition) is 4. The molecular weight excluding hydrogens is 288 g/mol. The lowest BCUT2D eigenvalue weighted by Crippen LogP contribution is -2.33. The lowest BCUT2D eigenvalue weighted by atomic mass is 10.1. The van der Waals surface area contributed by atoms with E-state index in [2.05, 4.69) is 17.4 Å². The van der Waals surface area contributed by atoms with Gasteiger partial charge >= 0.3 is 0 Å². The molecule has 0 fully saturated rings. The highest BCUT2D eigenvalue weighted by Crippen LogP contribution is 2.12. The van der Waals surface area contributed by atoms with Crippen LogP contribution in [0.1, 0.15) is 24.9 Å². The van der Waals surface area contributed by atoms with Gasteiger partial charge in [0.2, 0.25) is 10.0 Å². The summed E-state index contributed by atoms with van der Waals surface area (Å²) in [5.74, 6) is 0. The summed E-state index contributed by atoms with van der Waals surface area (Å²) in [4.78, 5) is 0. The molecule has 21 heavy (non-hydrogen) atoms. The quantitative estimate of drug-likeness (QED) is 0.667. The Bertz CT molecular complexity index is 491. The molecule has 5 nitrogen and oxygen atoms in total. The highest BCUT2D eigenvalue weighted by Gasteiger charge is 2.14. The fourth-order valence-corrected chi connectivity index (χ4v) is 3.14. The first-order chi connectivity index (χ1) is 9.99. The molecule has 1 atom stereocenters. The van der Waals surface area contributed by atoms with Crippen molar-refractivity contribution in [2.24, 2.45) is 0 Å². The Kier molecular flexibility index (Phi) is 7.88. The maximum atomic E-state index is 11.5. The largest absolute Gasteiger partial charge is 0.383 e. The molecule has 0 amide bonds. The highest BCUT2D eigenvalue weighted by molar-refractivity contribution is 7.88. The maximum Gasteiger partial charge on any atom is 0.211 e. The number of methoxy groups -OCH3 is 1. The summed E-state index contributed by atoms with van der Waals surface area (Å²) in [6.07, 6.45) is 2.02. The van der Waals surface area contributed by atoms with E-state index in [9.17, 15) is 8.42 Å². The number of rotatable bonds is 10. The predicted octanol–water partition coefficient (Wildman–Crippen LogP) is 1.64. The standard InChI is InChI=1S/C15H26N2O3S/c1-4-17(21(3,18)19)12-8-11-16-15(13-20-2)14-9-6-5-7-10-14/h5-7,9-10,15-16H,4,8,11-13H2,1-3H3. The van der Waals surface area contributed by atoms with Crippen molar-refractivity contribution in [2.75, 3.05) is 39.6 Å². The van der Waals surface area contributed by atoms with Crippen LogP contribution in [0.3, 0.4) is 0 Å². The molecule has 0 saturated carbocycles. The molecule has 0 aromatic heterocycles. The van der Waals surface area contributed by atoms with Crippen LogP contribution in [0.2, 0.25) is 0 Å². The van der Waals surface area contributed by atoms with E-state index >= 15 is 0 Å². The minimum Gasteiger partial charge on any atom is -0.383 e. The molecule has 0 radical (unpaired) electrons. The first kappa shape index (κ1) is 18.1. The van der Waals surface area contributed by atoms with Crippen molar-refractivity contribution >= 4 is 10.0 Å². The summed E-state index contributed by atoms with van der Waals surface area (Å²) in [6.45, 7) is 4.24. The van der Waals surface area contributed by atoms with Crippen LogP contribution in [0, 0.1) is 0 Å². The van der Waals surface area contributed by atoms with Crippen molar-refractivity contribution in [3.05, 3.63) is 35.9 Å². The molecule has 0 heterocycles. The molecule has 1 N–H and O–H groups in total. The Balaban J connectivity index is 2.45. The lowest BCUT2D eigenvalue weighted by Gasteiger charge is -2.21. The van der Waals surface area contributed by atoms with Crippen molar-refractivity contribution in [1.29, 1.82) is 0 Å². The Morgan fingerprint density at radius 1 is 1.29 bits per heavy atom. The molecule has 0 aliphatic carbocycles. The van der Waals surface area contributed by atoms with Crippen LogP contribution in [0.4, 0.5) is 0 Å².